The summed E-state index contributed by atoms with van der Waals surface area (Å²) in [5, 5.41) is 23.4. The number of oxime groups is 2. The Kier molecular flexibility index (Phi) is 22.5. The third kappa shape index (κ3) is 20.8. The highest BCUT2D eigenvalue weighted by Crippen LogP contribution is 2.29. The second-order valence-corrected chi connectivity index (χ2v) is 28.7. The molecule has 4 fully saturated rings. The molecule has 4 aliphatic rings. The van der Waals surface area contributed by atoms with Gasteiger partial charge in [0.25, 0.3) is 17.7 Å². The molecule has 4 atom stereocenters. The van der Waals surface area contributed by atoms with Crippen LogP contribution in [0.5, 0.6) is 0 Å². The molecule has 31 nitrogen and oxygen atoms in total. The highest BCUT2D eigenvalue weighted by Gasteiger charge is 2.55. The predicted molar refractivity (Wildman–Crippen MR) is 318 cm³/mol. The van der Waals surface area contributed by atoms with E-state index in [1.165, 1.54) is 43.4 Å². The van der Waals surface area contributed by atoms with Crippen molar-refractivity contribution in [3.8, 4) is 0 Å². The molecule has 2 aromatic rings. The summed E-state index contributed by atoms with van der Waals surface area (Å²) in [6.07, 6.45) is 2.12. The molecule has 8 amide bonds. The van der Waals surface area contributed by atoms with E-state index in [0.717, 1.165) is 35.5 Å². The lowest BCUT2D eigenvalue weighted by atomic mass is 9.96. The minimum absolute atomic E-state index is 0.00000818. The van der Waals surface area contributed by atoms with E-state index >= 15 is 0 Å². The Morgan fingerprint density at radius 2 is 0.989 bits per heavy atom. The van der Waals surface area contributed by atoms with Gasteiger partial charge in [-0.2, -0.15) is 8.42 Å². The third-order valence-electron chi connectivity index (χ3n) is 12.3. The summed E-state index contributed by atoms with van der Waals surface area (Å²) in [5.74, 6) is -5.23. The molecule has 4 aliphatic heterocycles. The van der Waals surface area contributed by atoms with Gasteiger partial charge in [-0.1, -0.05) is 10.3 Å². The minimum atomic E-state index is -5.02. The molecule has 0 aliphatic carbocycles. The number of nitrogens with one attached hydrogen (secondary N) is 5. The maximum atomic E-state index is 13.6. The van der Waals surface area contributed by atoms with Crippen molar-refractivity contribution in [2.75, 3.05) is 36.8 Å². The smallest absolute Gasteiger partial charge is 0.413 e. The van der Waals surface area contributed by atoms with Crippen LogP contribution in [0.4, 0.5) is 19.9 Å². The van der Waals surface area contributed by atoms with E-state index < -0.39 is 122 Å². The second kappa shape index (κ2) is 27.8. The van der Waals surface area contributed by atoms with E-state index in [4.69, 9.17) is 28.6 Å². The fraction of sp³-hybridized carbons (Fsp3) is 0.667. The molecule has 6 N–H and O–H groups in total. The summed E-state index contributed by atoms with van der Waals surface area (Å²) >= 11 is 1.91. The van der Waals surface area contributed by atoms with Crippen LogP contribution in [0.15, 0.2) is 21.1 Å². The zero-order valence-electron chi connectivity index (χ0n) is 52.2. The summed E-state index contributed by atoms with van der Waals surface area (Å²) in [6, 6.07) is -4.25. The van der Waals surface area contributed by atoms with Crippen LogP contribution >= 0.6 is 22.7 Å². The van der Waals surface area contributed by atoms with Gasteiger partial charge in [0.1, 0.15) is 45.9 Å². The van der Waals surface area contributed by atoms with Gasteiger partial charge in [0.15, 0.2) is 21.7 Å². The van der Waals surface area contributed by atoms with Gasteiger partial charge in [-0.3, -0.25) is 44.0 Å². The lowest BCUT2D eigenvalue weighted by molar-refractivity contribution is -0.180. The van der Waals surface area contributed by atoms with E-state index in [0.29, 0.717) is 32.4 Å². The number of rotatable bonds is 19. The van der Waals surface area contributed by atoms with Crippen LogP contribution in [0.25, 0.3) is 0 Å². The molecule has 0 radical (unpaired) electrons. The quantitative estimate of drug-likeness (QED) is 0.0287. The van der Waals surface area contributed by atoms with Crippen LogP contribution in [-0.4, -0.2) is 192 Å². The van der Waals surface area contributed by atoms with Crippen LogP contribution in [0.3, 0.4) is 0 Å². The van der Waals surface area contributed by atoms with Crippen LogP contribution in [0.1, 0.15) is 161 Å². The van der Waals surface area contributed by atoms with Gasteiger partial charge in [0, 0.05) is 49.8 Å². The first-order chi connectivity index (χ1) is 40.3. The van der Waals surface area contributed by atoms with Crippen molar-refractivity contribution in [3.63, 3.8) is 0 Å². The number of aromatic nitrogens is 2. The summed E-state index contributed by atoms with van der Waals surface area (Å²) in [7, 11) is -5.02. The molecule has 88 heavy (non-hydrogen) atoms. The monoisotopic (exact) mass is 1300 g/mol. The number of anilines is 2. The Balaban J connectivity index is 0.000000322. The van der Waals surface area contributed by atoms with Crippen molar-refractivity contribution in [3.05, 3.63) is 22.1 Å². The predicted octanol–water partition coefficient (Wildman–Crippen LogP) is 4.17. The van der Waals surface area contributed by atoms with Gasteiger partial charge < -0.3 is 54.4 Å². The number of β-lactam (4-membered cyclic amide) rings is 2. The molecule has 4 saturated heterocycles. The van der Waals surface area contributed by atoms with Crippen molar-refractivity contribution in [1.82, 2.24) is 40.0 Å². The average Bonchev–Trinajstić information content (AvgIpc) is 2.10. The number of hydrogen-bond donors (Lipinski definition) is 6. The summed E-state index contributed by atoms with van der Waals surface area (Å²) in [5.41, 5.74) is -7.51. The van der Waals surface area contributed by atoms with Gasteiger partial charge in [-0.25, -0.2) is 33.5 Å². The van der Waals surface area contributed by atoms with Gasteiger partial charge in [0.05, 0.1) is 12.1 Å². The van der Waals surface area contributed by atoms with Gasteiger partial charge in [-0.15, -0.1) is 22.7 Å². The van der Waals surface area contributed by atoms with Gasteiger partial charge in [0.2, 0.25) is 28.9 Å². The first kappa shape index (κ1) is 71.2. The number of hydrogen-bond acceptors (Lipinski definition) is 24. The second-order valence-electron chi connectivity index (χ2n) is 25.7. The first-order valence-corrected chi connectivity index (χ1v) is 31.2. The van der Waals surface area contributed by atoms with Crippen molar-refractivity contribution < 1.29 is 89.5 Å². The lowest BCUT2D eigenvalue weighted by Gasteiger charge is -2.46. The molecule has 0 spiro atoms. The van der Waals surface area contributed by atoms with E-state index in [1.807, 2.05) is 0 Å². The normalized spacial score (nSPS) is 19.8. The van der Waals surface area contributed by atoms with Crippen LogP contribution in [-0.2, 0) is 77.3 Å². The van der Waals surface area contributed by atoms with E-state index in [-0.39, 0.29) is 63.0 Å². The lowest BCUT2D eigenvalue weighted by Crippen LogP contribution is -2.75. The molecule has 2 aromatic heterocycles. The number of nitrogens with zero attached hydrogens (tertiary/aromatic N) is 7. The molecule has 6 heterocycles. The van der Waals surface area contributed by atoms with Crippen molar-refractivity contribution in [2.45, 2.75) is 207 Å². The molecule has 34 heteroatoms. The average molecular weight is 1300 g/mol. The summed E-state index contributed by atoms with van der Waals surface area (Å²) < 4.78 is 55.1. The first-order valence-electron chi connectivity index (χ1n) is 28.0. The Morgan fingerprint density at radius 3 is 1.35 bits per heavy atom. The number of esters is 2. The Morgan fingerprint density at radius 1 is 0.602 bits per heavy atom. The number of ether oxygens (including phenoxy) is 4. The summed E-state index contributed by atoms with van der Waals surface area (Å²) in [6.45, 7) is 26.6. The Labute approximate surface area is 517 Å². The SMILES string of the molecule is CC(C)(C)OC(=O)Nc1nc(/C(=N/OC(C)(C)C(=O)OC(C)(C)C)C(=O)N[C@@H]2C(=O)N(S(=O)(=O)O)[C@@H]2CN2CCCCC2=O)cs1.CC(C)(C)OC(=O)Nc1nc(/C(=N/OC(C)(C)C(=O)OC(C)(C)C)C(=O)N[C@@H]2C(=O)N[C@@H]2CN2CCCCC2=O)cs1. The molecular formula is C54H80N12O19S3. The number of amides is 8. The van der Waals surface area contributed by atoms with Gasteiger partial charge >= 0.3 is 34.4 Å². The fourth-order valence-electron chi connectivity index (χ4n) is 8.16. The Bertz CT molecular complexity index is 3170. The largest absolute Gasteiger partial charge is 0.457 e. The highest BCUT2D eigenvalue weighted by atomic mass is 32.2. The van der Waals surface area contributed by atoms with Crippen LogP contribution in [0.2, 0.25) is 0 Å². The number of carbonyl (C=O) groups excluding carboxylic acids is 10. The van der Waals surface area contributed by atoms with Crippen molar-refractivity contribution in [1.29, 1.82) is 0 Å². The maximum absolute atomic E-state index is 13.6. The van der Waals surface area contributed by atoms with Crippen LogP contribution < -0.4 is 26.6 Å². The molecule has 0 unspecified atom stereocenters. The fourth-order valence-corrected chi connectivity index (χ4v) is 10.4. The number of carbonyl (C=O) groups is 10. The molecule has 0 aromatic carbocycles. The Hall–Kier alpha value is -7.59. The molecule has 6 rings (SSSR count). The highest BCUT2D eigenvalue weighted by molar-refractivity contribution is 7.84. The number of thiazole rings is 2. The topological polar surface area (TPSA) is 401 Å². The molecule has 0 saturated carbocycles. The molecular weight excluding hydrogens is 1220 g/mol. The van der Waals surface area contributed by atoms with E-state index in [2.05, 4.69) is 46.9 Å². The number of likely N-dealkylation sites (tertiary alicyclic amines) is 2. The number of piperidine rings is 2. The zero-order valence-corrected chi connectivity index (χ0v) is 54.6. The van der Waals surface area contributed by atoms with Gasteiger partial charge in [-0.05, 0) is 136 Å². The molecule has 488 valence electrons. The minimum Gasteiger partial charge on any atom is -0.457 e. The molecule has 0 bridgehead atoms. The van der Waals surface area contributed by atoms with Crippen molar-refractivity contribution in [2.24, 2.45) is 10.3 Å². The summed E-state index contributed by atoms with van der Waals surface area (Å²) in [4.78, 5) is 149. The van der Waals surface area contributed by atoms with Crippen LogP contribution in [0, 0.1) is 0 Å². The third-order valence-corrected chi connectivity index (χ3v) is 14.8. The maximum Gasteiger partial charge on any atom is 0.413 e. The van der Waals surface area contributed by atoms with E-state index in [1.54, 1.807) is 88.0 Å². The standard InChI is InChI=1S/C27H40N6O11S2.C27H40N6O8S/c1-25(2,3)42-22(37)27(7,8)44-31-18(15-14-45-23(28-15)30-24(38)43-26(4,5)6)20(35)29-19-16(33(21(19)36)46(39,40)41)13-32-12-10-9-11-17(32)34;1-25(2,3)39-22(37)27(7,8)41-32-19(16-14-42-23(29-16)31-24(38)40-26(4,5)6)21(36)30-18-15(28-20(18)35)13-33-12-10-9-11-17(33)34/h14,16,19H,9-13H2,1-8H3,(H,29,35)(H,28,30,38)(H,39,40,41);14-15,18H,9-13H2,1-8H3,(H,28,35)(H,30,36)(H,29,31,38)/b31-18-;32-19-/t16-,19+;15-,18+/m11/s1. The van der Waals surface area contributed by atoms with Crippen molar-refractivity contribution >= 4 is 114 Å². The zero-order chi connectivity index (χ0) is 66.3. The van der Waals surface area contributed by atoms with E-state index in [9.17, 15) is 60.9 Å².